The van der Waals surface area contributed by atoms with Gasteiger partial charge in [0.1, 0.15) is 17.3 Å². The molecule has 0 saturated carbocycles. The summed E-state index contributed by atoms with van der Waals surface area (Å²) in [5, 5.41) is 4.74. The van der Waals surface area contributed by atoms with Crippen molar-refractivity contribution in [1.82, 2.24) is 0 Å². The van der Waals surface area contributed by atoms with Crippen molar-refractivity contribution in [3.63, 3.8) is 0 Å². The van der Waals surface area contributed by atoms with Crippen molar-refractivity contribution in [2.75, 3.05) is 13.2 Å². The van der Waals surface area contributed by atoms with E-state index in [-0.39, 0.29) is 19.3 Å². The van der Waals surface area contributed by atoms with E-state index in [0.717, 1.165) is 0 Å². The molecule has 0 aliphatic carbocycles. The normalized spacial score (nSPS) is 11.7. The molecule has 1 rings (SSSR count). The first-order valence-electron chi connectivity index (χ1n) is 5.93. The Bertz CT molecular complexity index is 631. The number of ether oxygens (including phenoxy) is 2. The van der Waals surface area contributed by atoms with Crippen molar-refractivity contribution in [2.45, 2.75) is 24.8 Å². The summed E-state index contributed by atoms with van der Waals surface area (Å²) < 4.78 is 59.2. The van der Waals surface area contributed by atoms with Gasteiger partial charge in [0, 0.05) is 0 Å². The Morgan fingerprint density at radius 2 is 1.90 bits per heavy atom. The first kappa shape index (κ1) is 17.5. The maximum Gasteiger partial charge on any atom is 0.341 e. The van der Waals surface area contributed by atoms with E-state index in [1.165, 1.54) is 0 Å². The highest BCUT2D eigenvalue weighted by atomic mass is 32.2. The van der Waals surface area contributed by atoms with Crippen LogP contribution in [0, 0.1) is 11.6 Å². The molecule has 21 heavy (non-hydrogen) atoms. The Kier molecular flexibility index (Phi) is 5.76. The maximum atomic E-state index is 13.9. The van der Waals surface area contributed by atoms with Gasteiger partial charge in [0.15, 0.2) is 5.82 Å². The van der Waals surface area contributed by atoms with Crippen LogP contribution in [0.25, 0.3) is 0 Å². The zero-order chi connectivity index (χ0) is 16.2. The van der Waals surface area contributed by atoms with Crippen LogP contribution in [-0.2, 0) is 19.5 Å². The van der Waals surface area contributed by atoms with Crippen LogP contribution in [-0.4, -0.2) is 33.7 Å². The molecule has 2 N–H and O–H groups in total. The predicted molar refractivity (Wildman–Crippen MR) is 69.1 cm³/mol. The van der Waals surface area contributed by atoms with Gasteiger partial charge in [-0.1, -0.05) is 0 Å². The van der Waals surface area contributed by atoms with Crippen molar-refractivity contribution in [1.29, 1.82) is 0 Å². The van der Waals surface area contributed by atoms with Gasteiger partial charge in [0.25, 0.3) is 0 Å². The van der Waals surface area contributed by atoms with Gasteiger partial charge >= 0.3 is 5.97 Å². The van der Waals surface area contributed by atoms with E-state index in [1.807, 2.05) is 0 Å². The molecule has 0 bridgehead atoms. The highest BCUT2D eigenvalue weighted by Gasteiger charge is 2.24. The van der Waals surface area contributed by atoms with Crippen LogP contribution in [0.15, 0.2) is 17.0 Å². The van der Waals surface area contributed by atoms with E-state index < -0.39 is 38.1 Å². The van der Waals surface area contributed by atoms with Gasteiger partial charge in [-0.2, -0.15) is 0 Å². The summed E-state index contributed by atoms with van der Waals surface area (Å²) in [6.45, 7) is 3.43. The minimum atomic E-state index is -4.50. The average Bonchev–Trinajstić information content (AvgIpc) is 2.35. The summed E-state index contributed by atoms with van der Waals surface area (Å²) in [5.41, 5.74) is -0.844. The van der Waals surface area contributed by atoms with E-state index >= 15 is 0 Å². The summed E-state index contributed by atoms with van der Waals surface area (Å²) in [6, 6.07) is 0.930. The molecule has 0 amide bonds. The van der Waals surface area contributed by atoms with Crippen LogP contribution in [0.5, 0.6) is 0 Å². The molecule has 9 heteroatoms. The molecule has 0 radical (unpaired) electrons. The van der Waals surface area contributed by atoms with E-state index in [2.05, 4.69) is 4.74 Å². The number of rotatable bonds is 6. The van der Waals surface area contributed by atoms with Gasteiger partial charge in [-0.15, -0.1) is 0 Å². The molecule has 0 heterocycles. The van der Waals surface area contributed by atoms with Gasteiger partial charge in [-0.3, -0.25) is 0 Å². The van der Waals surface area contributed by atoms with Gasteiger partial charge < -0.3 is 9.47 Å². The van der Waals surface area contributed by atoms with Gasteiger partial charge in [-0.05, 0) is 26.0 Å². The fourth-order valence-corrected chi connectivity index (χ4v) is 2.05. The molecule has 6 nitrogen and oxygen atoms in total. The van der Waals surface area contributed by atoms with Crippen LogP contribution in [0.3, 0.4) is 0 Å². The van der Waals surface area contributed by atoms with Crippen LogP contribution < -0.4 is 5.14 Å². The van der Waals surface area contributed by atoms with Crippen molar-refractivity contribution in [2.24, 2.45) is 5.14 Å². The number of nitrogens with two attached hydrogens (primary N) is 1. The largest absolute Gasteiger partial charge is 0.460 e. The lowest BCUT2D eigenvalue weighted by molar-refractivity contribution is 0.0173. The molecule has 0 aliphatic rings. The van der Waals surface area contributed by atoms with Crippen molar-refractivity contribution in [3.8, 4) is 0 Å². The fourth-order valence-electron chi connectivity index (χ4n) is 1.42. The number of benzene rings is 1. The number of halogens is 2. The molecule has 0 atom stereocenters. The van der Waals surface area contributed by atoms with Crippen LogP contribution in [0.2, 0.25) is 0 Å². The third kappa shape index (κ3) is 5.03. The molecule has 0 saturated heterocycles. The minimum absolute atomic E-state index is 0.0718. The highest BCUT2D eigenvalue weighted by Crippen LogP contribution is 2.20. The maximum absolute atomic E-state index is 13.9. The Hall–Kier alpha value is -1.58. The molecule has 0 unspecified atom stereocenters. The Balaban J connectivity index is 2.93. The predicted octanol–water partition coefficient (Wildman–Crippen LogP) is 1.19. The number of hydrogen-bond donors (Lipinski definition) is 1. The summed E-state index contributed by atoms with van der Waals surface area (Å²) >= 11 is 0. The first-order chi connectivity index (χ1) is 9.62. The topological polar surface area (TPSA) is 95.7 Å². The molecule has 1 aromatic rings. The third-order valence-corrected chi connectivity index (χ3v) is 3.21. The fraction of sp³-hybridized carbons (Fsp3) is 0.417. The van der Waals surface area contributed by atoms with Gasteiger partial charge in [0.05, 0.1) is 18.3 Å². The molecule has 0 aromatic heterocycles. The van der Waals surface area contributed by atoms with E-state index in [0.29, 0.717) is 12.1 Å². The SMILES string of the molecule is CC(C)OCCOC(=O)c1cc(F)cc(S(N)(=O)=O)c1F. The van der Waals surface area contributed by atoms with Crippen molar-refractivity contribution < 1.29 is 31.5 Å². The second-order valence-corrected chi connectivity index (χ2v) is 5.90. The smallest absolute Gasteiger partial charge is 0.341 e. The second-order valence-electron chi connectivity index (χ2n) is 4.37. The Morgan fingerprint density at radius 1 is 1.29 bits per heavy atom. The van der Waals surface area contributed by atoms with Crippen molar-refractivity contribution >= 4 is 16.0 Å². The number of carbonyl (C=O) groups is 1. The standard InChI is InChI=1S/C12H15F2NO5S/c1-7(2)19-3-4-20-12(16)9-5-8(13)6-10(11(9)14)21(15,17)18/h5-7H,3-4H2,1-2H3,(H2,15,17,18). The highest BCUT2D eigenvalue weighted by molar-refractivity contribution is 7.89. The van der Waals surface area contributed by atoms with Gasteiger partial charge in [0.2, 0.25) is 10.0 Å². The Labute approximate surface area is 120 Å². The molecule has 1 aromatic carbocycles. The molecular formula is C12H15F2NO5S. The summed E-state index contributed by atoms with van der Waals surface area (Å²) in [4.78, 5) is 10.5. The molecule has 0 spiro atoms. The summed E-state index contributed by atoms with van der Waals surface area (Å²) in [7, 11) is -4.50. The van der Waals surface area contributed by atoms with E-state index in [4.69, 9.17) is 9.88 Å². The number of esters is 1. The zero-order valence-electron chi connectivity index (χ0n) is 11.4. The molecular weight excluding hydrogens is 308 g/mol. The summed E-state index contributed by atoms with van der Waals surface area (Å²) in [5.74, 6) is -3.77. The van der Waals surface area contributed by atoms with Crippen LogP contribution in [0.4, 0.5) is 8.78 Å². The number of sulfonamides is 1. The quantitative estimate of drug-likeness (QED) is 0.627. The van der Waals surface area contributed by atoms with E-state index in [1.54, 1.807) is 13.8 Å². The lowest BCUT2D eigenvalue weighted by Crippen LogP contribution is -2.19. The molecule has 118 valence electrons. The lowest BCUT2D eigenvalue weighted by Gasteiger charge is -2.10. The Morgan fingerprint density at radius 3 is 2.43 bits per heavy atom. The lowest BCUT2D eigenvalue weighted by atomic mass is 10.2. The minimum Gasteiger partial charge on any atom is -0.460 e. The monoisotopic (exact) mass is 323 g/mol. The second kappa shape index (κ2) is 6.92. The first-order valence-corrected chi connectivity index (χ1v) is 7.48. The van der Waals surface area contributed by atoms with Gasteiger partial charge in [-0.25, -0.2) is 27.1 Å². The van der Waals surface area contributed by atoms with Crippen LogP contribution in [0.1, 0.15) is 24.2 Å². The molecule has 0 aliphatic heterocycles. The number of hydrogen-bond acceptors (Lipinski definition) is 5. The molecule has 0 fully saturated rings. The van der Waals surface area contributed by atoms with Crippen molar-refractivity contribution in [3.05, 3.63) is 29.3 Å². The van der Waals surface area contributed by atoms with E-state index in [9.17, 15) is 22.0 Å². The zero-order valence-corrected chi connectivity index (χ0v) is 12.2. The summed E-state index contributed by atoms with van der Waals surface area (Å²) in [6.07, 6.45) is -0.0800. The van der Waals surface area contributed by atoms with Crippen LogP contribution >= 0.6 is 0 Å². The average molecular weight is 323 g/mol. The number of carbonyl (C=O) groups excluding carboxylic acids is 1. The number of primary sulfonamides is 1. The third-order valence-electron chi connectivity index (χ3n) is 2.30.